The summed E-state index contributed by atoms with van der Waals surface area (Å²) in [5, 5.41) is 15.3. The quantitative estimate of drug-likeness (QED) is 0.754. The minimum absolute atomic E-state index is 0.269. The van der Waals surface area contributed by atoms with E-state index in [2.05, 4.69) is 39.9 Å². The van der Waals surface area contributed by atoms with Crippen LogP contribution in [0.4, 0.5) is 5.69 Å². The molecular weight excluding hydrogens is 290 g/mol. The maximum Gasteiger partial charge on any atom is 0.335 e. The Hall–Kier alpha value is -2.40. The number of hydrogen-bond acceptors (Lipinski definition) is 4. The van der Waals surface area contributed by atoms with E-state index in [0.29, 0.717) is 5.41 Å². The van der Waals surface area contributed by atoms with Gasteiger partial charge in [0.1, 0.15) is 0 Å². The minimum atomic E-state index is -0.919. The summed E-state index contributed by atoms with van der Waals surface area (Å²) in [6.07, 6.45) is 5.45. The summed E-state index contributed by atoms with van der Waals surface area (Å²) >= 11 is 0. The molecule has 0 saturated carbocycles. The summed E-state index contributed by atoms with van der Waals surface area (Å²) in [5.41, 5.74) is 3.60. The number of hydrogen-bond donors (Lipinski definition) is 3. The number of nitrogens with one attached hydrogen (secondary N) is 2. The molecule has 1 saturated heterocycles. The van der Waals surface area contributed by atoms with Crippen LogP contribution in [0.3, 0.4) is 0 Å². The van der Waals surface area contributed by atoms with Crippen LogP contribution in [0.2, 0.25) is 0 Å². The van der Waals surface area contributed by atoms with Gasteiger partial charge < -0.3 is 15.7 Å². The van der Waals surface area contributed by atoms with Gasteiger partial charge in [-0.1, -0.05) is 18.2 Å². The molecule has 4 rings (SSSR count). The highest BCUT2D eigenvalue weighted by Gasteiger charge is 2.39. The molecule has 2 aliphatic rings. The molecule has 0 atom stereocenters. The van der Waals surface area contributed by atoms with E-state index >= 15 is 0 Å². The number of anilines is 1. The van der Waals surface area contributed by atoms with Crippen LogP contribution in [0.15, 0.2) is 48.8 Å². The van der Waals surface area contributed by atoms with E-state index in [4.69, 9.17) is 5.11 Å². The fraction of sp³-hybridized carbons (Fsp3) is 0.333. The molecule has 1 fully saturated rings. The van der Waals surface area contributed by atoms with E-state index < -0.39 is 5.97 Å². The molecule has 5 heteroatoms. The van der Waals surface area contributed by atoms with Crippen molar-refractivity contribution >= 4 is 11.7 Å². The first kappa shape index (κ1) is 15.5. The van der Waals surface area contributed by atoms with Crippen LogP contribution in [0.5, 0.6) is 0 Å². The zero-order valence-corrected chi connectivity index (χ0v) is 13.0. The molecule has 0 amide bonds. The van der Waals surface area contributed by atoms with Crippen LogP contribution >= 0.6 is 0 Å². The lowest BCUT2D eigenvalue weighted by molar-refractivity contribution is 0.0696. The van der Waals surface area contributed by atoms with Crippen molar-refractivity contribution in [1.29, 1.82) is 0 Å². The van der Waals surface area contributed by atoms with Crippen molar-refractivity contribution in [2.45, 2.75) is 18.3 Å². The van der Waals surface area contributed by atoms with Crippen molar-refractivity contribution in [3.63, 3.8) is 0 Å². The summed E-state index contributed by atoms with van der Waals surface area (Å²) in [4.78, 5) is 13.8. The Morgan fingerprint density at radius 2 is 1.78 bits per heavy atom. The smallest absolute Gasteiger partial charge is 0.335 e. The fourth-order valence-corrected chi connectivity index (χ4v) is 3.31. The second-order valence-corrected chi connectivity index (χ2v) is 5.97. The average Bonchev–Trinajstić information content (AvgIpc) is 2.96. The molecule has 0 aliphatic carbocycles. The molecule has 0 radical (unpaired) electrons. The van der Waals surface area contributed by atoms with Crippen molar-refractivity contribution in [1.82, 2.24) is 10.3 Å². The third-order valence-corrected chi connectivity index (χ3v) is 4.60. The van der Waals surface area contributed by atoms with E-state index in [9.17, 15) is 4.79 Å². The Bertz CT molecular complexity index is 661. The Kier molecular flexibility index (Phi) is 4.57. The van der Waals surface area contributed by atoms with E-state index in [1.165, 1.54) is 43.1 Å². The largest absolute Gasteiger partial charge is 0.478 e. The lowest BCUT2D eigenvalue weighted by Crippen LogP contribution is -2.41. The molecule has 3 heterocycles. The molecule has 1 aromatic carbocycles. The number of benzene rings is 1. The Labute approximate surface area is 135 Å². The van der Waals surface area contributed by atoms with Gasteiger partial charge >= 0.3 is 5.97 Å². The Balaban J connectivity index is 0.000000151. The highest BCUT2D eigenvalue weighted by atomic mass is 16.4. The first-order chi connectivity index (χ1) is 11.2. The van der Waals surface area contributed by atoms with Gasteiger partial charge in [0.2, 0.25) is 0 Å². The maximum atomic E-state index is 10.2. The van der Waals surface area contributed by atoms with Crippen LogP contribution in [-0.2, 0) is 5.41 Å². The number of aromatic nitrogens is 1. The van der Waals surface area contributed by atoms with Crippen LogP contribution in [0, 0.1) is 0 Å². The van der Waals surface area contributed by atoms with Gasteiger partial charge in [0.25, 0.3) is 0 Å². The molecule has 0 bridgehead atoms. The van der Waals surface area contributed by atoms with Crippen LogP contribution in [0.25, 0.3) is 0 Å². The zero-order valence-electron chi connectivity index (χ0n) is 13.0. The molecule has 3 N–H and O–H groups in total. The number of carboxylic acids is 1. The van der Waals surface area contributed by atoms with E-state index in [0.717, 1.165) is 19.6 Å². The van der Waals surface area contributed by atoms with Crippen molar-refractivity contribution in [3.05, 3.63) is 59.9 Å². The number of nitrogens with zero attached hydrogens (tertiary/aromatic N) is 1. The number of para-hydroxylation sites is 1. The molecule has 1 aromatic heterocycles. The average molecular weight is 311 g/mol. The van der Waals surface area contributed by atoms with Gasteiger partial charge in [0.15, 0.2) is 0 Å². The summed E-state index contributed by atoms with van der Waals surface area (Å²) in [7, 11) is 0. The summed E-state index contributed by atoms with van der Waals surface area (Å²) in [6, 6.07) is 11.7. The third kappa shape index (κ3) is 3.35. The van der Waals surface area contributed by atoms with Crippen molar-refractivity contribution < 1.29 is 9.90 Å². The Morgan fingerprint density at radius 1 is 1.09 bits per heavy atom. The molecular formula is C18H21N3O2. The number of pyridine rings is 1. The first-order valence-electron chi connectivity index (χ1n) is 7.89. The second-order valence-electron chi connectivity index (χ2n) is 5.97. The summed E-state index contributed by atoms with van der Waals surface area (Å²) < 4.78 is 0. The molecule has 2 aliphatic heterocycles. The number of carbonyl (C=O) groups is 1. The minimum Gasteiger partial charge on any atom is -0.478 e. The van der Waals surface area contributed by atoms with Crippen LogP contribution in [-0.4, -0.2) is 35.7 Å². The molecule has 0 unspecified atom stereocenters. The van der Waals surface area contributed by atoms with Gasteiger partial charge in [-0.15, -0.1) is 0 Å². The first-order valence-corrected chi connectivity index (χ1v) is 7.89. The van der Waals surface area contributed by atoms with E-state index in [1.807, 2.05) is 0 Å². The number of carboxylic acid groups (broad SMARTS) is 1. The van der Waals surface area contributed by atoms with Crippen LogP contribution in [0.1, 0.15) is 28.8 Å². The lowest BCUT2D eigenvalue weighted by Gasteiger charge is -2.33. The standard InChI is InChI=1S/C12H16N2.C6H5NO2/c1-2-4-11-10(3-1)12(9-14-11)5-7-13-8-6-12;8-6(9)5-1-3-7-4-2-5/h1-4,13-14H,5-9H2;1-4H,(H,8,9). The van der Waals surface area contributed by atoms with Gasteiger partial charge in [-0.25, -0.2) is 4.79 Å². The number of fused-ring (bicyclic) bond motifs is 2. The van der Waals surface area contributed by atoms with Crippen molar-refractivity contribution in [3.8, 4) is 0 Å². The van der Waals surface area contributed by atoms with E-state index in [-0.39, 0.29) is 5.56 Å². The fourth-order valence-electron chi connectivity index (χ4n) is 3.31. The van der Waals surface area contributed by atoms with E-state index in [1.54, 1.807) is 5.56 Å². The topological polar surface area (TPSA) is 74.2 Å². The predicted molar refractivity (Wildman–Crippen MR) is 89.9 cm³/mol. The predicted octanol–water partition coefficient (Wildman–Crippen LogP) is 2.51. The van der Waals surface area contributed by atoms with Gasteiger partial charge in [-0.05, 0) is 49.7 Å². The molecule has 23 heavy (non-hydrogen) atoms. The monoisotopic (exact) mass is 311 g/mol. The summed E-state index contributed by atoms with van der Waals surface area (Å²) in [6.45, 7) is 3.46. The summed E-state index contributed by atoms with van der Waals surface area (Å²) in [5.74, 6) is -0.919. The molecule has 2 aromatic rings. The molecule has 1 spiro atoms. The Morgan fingerprint density at radius 3 is 2.43 bits per heavy atom. The zero-order chi connectivity index (χ0) is 16.1. The van der Waals surface area contributed by atoms with Gasteiger partial charge in [0, 0.05) is 30.0 Å². The number of piperidine rings is 1. The highest BCUT2D eigenvalue weighted by Crippen LogP contribution is 2.42. The SMILES string of the molecule is O=C(O)c1ccncc1.c1ccc2c(c1)NCC21CCNCC1. The maximum absolute atomic E-state index is 10.2. The lowest BCUT2D eigenvalue weighted by atomic mass is 9.75. The normalized spacial score (nSPS) is 17.6. The molecule has 5 nitrogen and oxygen atoms in total. The van der Waals surface area contributed by atoms with Crippen molar-refractivity contribution in [2.75, 3.05) is 25.0 Å². The van der Waals surface area contributed by atoms with Gasteiger partial charge in [-0.3, -0.25) is 4.98 Å². The number of aromatic carboxylic acids is 1. The third-order valence-electron chi connectivity index (χ3n) is 4.60. The number of rotatable bonds is 1. The van der Waals surface area contributed by atoms with Crippen LogP contribution < -0.4 is 10.6 Å². The van der Waals surface area contributed by atoms with Crippen molar-refractivity contribution in [2.24, 2.45) is 0 Å². The second kappa shape index (κ2) is 6.79. The molecule has 120 valence electrons. The highest BCUT2D eigenvalue weighted by molar-refractivity contribution is 5.87. The van der Waals surface area contributed by atoms with Gasteiger partial charge in [-0.2, -0.15) is 0 Å². The van der Waals surface area contributed by atoms with Gasteiger partial charge in [0.05, 0.1) is 5.56 Å².